The molecule has 8 nitrogen and oxygen atoms in total. The second kappa shape index (κ2) is 7.66. The van der Waals surface area contributed by atoms with Crippen LogP contribution in [-0.2, 0) is 19.0 Å². The molecule has 30 heavy (non-hydrogen) atoms. The van der Waals surface area contributed by atoms with Crippen LogP contribution in [0.5, 0.6) is 0 Å². The molecule has 4 rings (SSSR count). The molecule has 0 bridgehead atoms. The van der Waals surface area contributed by atoms with Gasteiger partial charge in [-0.05, 0) is 30.9 Å². The van der Waals surface area contributed by atoms with Gasteiger partial charge in [0.1, 0.15) is 0 Å². The van der Waals surface area contributed by atoms with E-state index in [1.54, 1.807) is 40.8 Å². The van der Waals surface area contributed by atoms with Gasteiger partial charge in [-0.2, -0.15) is 5.10 Å². The molecule has 0 aliphatic carbocycles. The lowest BCUT2D eigenvalue weighted by molar-refractivity contribution is 0.328. The van der Waals surface area contributed by atoms with E-state index in [0.717, 1.165) is 31.6 Å². The number of hydrogen-bond donors (Lipinski definition) is 0. The van der Waals surface area contributed by atoms with E-state index in [1.165, 1.54) is 0 Å². The summed E-state index contributed by atoms with van der Waals surface area (Å²) < 4.78 is 3.22. The predicted molar refractivity (Wildman–Crippen MR) is 117 cm³/mol. The fourth-order valence-corrected chi connectivity index (χ4v) is 3.93. The van der Waals surface area contributed by atoms with Gasteiger partial charge in [0.05, 0.1) is 22.8 Å². The van der Waals surface area contributed by atoms with Crippen molar-refractivity contribution in [3.8, 4) is 0 Å². The third kappa shape index (κ3) is 3.86. The molecule has 1 aliphatic heterocycles. The summed E-state index contributed by atoms with van der Waals surface area (Å²) in [7, 11) is 1.76. The van der Waals surface area contributed by atoms with E-state index >= 15 is 0 Å². The number of fused-ring (bicyclic) bond motifs is 1. The quantitative estimate of drug-likeness (QED) is 0.660. The van der Waals surface area contributed by atoms with Crippen LogP contribution in [0.1, 0.15) is 39.3 Å². The third-order valence-corrected chi connectivity index (χ3v) is 5.82. The molecule has 1 saturated heterocycles. The molecule has 3 aromatic rings. The Kier molecular flexibility index (Phi) is 5.17. The van der Waals surface area contributed by atoms with E-state index in [0.29, 0.717) is 29.3 Å². The number of rotatable bonds is 3. The molecule has 0 amide bonds. The minimum atomic E-state index is -0.0970. The summed E-state index contributed by atoms with van der Waals surface area (Å²) in [5.74, 6) is 1.03. The average molecular weight is 409 g/mol. The fraction of sp³-hybridized carbons (Fsp3) is 0.500. The summed E-state index contributed by atoms with van der Waals surface area (Å²) in [6, 6.07) is 5.14. The highest BCUT2D eigenvalue weighted by Gasteiger charge is 2.24. The first kappa shape index (κ1) is 20.3. The fourth-order valence-electron chi connectivity index (χ4n) is 3.93. The summed E-state index contributed by atoms with van der Waals surface area (Å²) >= 11 is 0. The van der Waals surface area contributed by atoms with Crippen LogP contribution in [0.25, 0.3) is 10.9 Å². The van der Waals surface area contributed by atoms with Crippen molar-refractivity contribution >= 4 is 16.9 Å². The molecule has 8 heteroatoms. The smallest absolute Gasteiger partial charge is 0.266 e. The van der Waals surface area contributed by atoms with Gasteiger partial charge in [0.2, 0.25) is 5.95 Å². The second-order valence-electron chi connectivity index (χ2n) is 9.09. The standard InChI is InChI=1S/C22H28N6O2/c1-22(2,3)18-5-6-19(29)28(25-18)14-15-8-11-27(12-9-15)21-24-17-13-23-10-7-16(17)20(30)26(21)4/h5-7,10,13,15H,8-9,11-12,14H2,1-4H3. The Bertz CT molecular complexity index is 1180. The van der Waals surface area contributed by atoms with Gasteiger partial charge in [-0.3, -0.25) is 19.1 Å². The van der Waals surface area contributed by atoms with Gasteiger partial charge in [-0.25, -0.2) is 9.67 Å². The topological polar surface area (TPSA) is 85.9 Å². The van der Waals surface area contributed by atoms with Crippen molar-refractivity contribution in [2.24, 2.45) is 13.0 Å². The van der Waals surface area contributed by atoms with Crippen molar-refractivity contribution in [3.63, 3.8) is 0 Å². The molecule has 0 N–H and O–H groups in total. The number of anilines is 1. The minimum Gasteiger partial charge on any atom is -0.342 e. The van der Waals surface area contributed by atoms with Crippen molar-refractivity contribution < 1.29 is 0 Å². The Labute approximate surface area is 175 Å². The van der Waals surface area contributed by atoms with Gasteiger partial charge in [-0.1, -0.05) is 20.8 Å². The number of nitrogens with zero attached hydrogens (tertiary/aromatic N) is 6. The molecule has 0 spiro atoms. The summed E-state index contributed by atoms with van der Waals surface area (Å²) in [6.45, 7) is 8.47. The molecule has 4 heterocycles. The molecule has 0 aromatic carbocycles. The molecular weight excluding hydrogens is 380 g/mol. The first-order valence-corrected chi connectivity index (χ1v) is 10.4. The minimum absolute atomic E-state index is 0.0588. The molecule has 0 unspecified atom stereocenters. The van der Waals surface area contributed by atoms with Crippen LogP contribution in [0, 0.1) is 5.92 Å². The molecule has 158 valence electrons. The van der Waals surface area contributed by atoms with Gasteiger partial charge < -0.3 is 4.90 Å². The molecule has 0 radical (unpaired) electrons. The van der Waals surface area contributed by atoms with Crippen LogP contribution in [0.4, 0.5) is 5.95 Å². The van der Waals surface area contributed by atoms with Crippen molar-refractivity contribution in [3.05, 3.63) is 57.0 Å². The van der Waals surface area contributed by atoms with Gasteiger partial charge in [-0.15, -0.1) is 0 Å². The Balaban J connectivity index is 1.50. The van der Waals surface area contributed by atoms with E-state index in [9.17, 15) is 9.59 Å². The van der Waals surface area contributed by atoms with Crippen LogP contribution in [0.3, 0.4) is 0 Å². The lowest BCUT2D eigenvalue weighted by atomic mass is 9.92. The Morgan fingerprint density at radius 2 is 1.83 bits per heavy atom. The average Bonchev–Trinajstić information content (AvgIpc) is 2.72. The summed E-state index contributed by atoms with van der Waals surface area (Å²) in [5.41, 5.74) is 1.32. The van der Waals surface area contributed by atoms with E-state index < -0.39 is 0 Å². The normalized spacial score (nSPS) is 15.7. The number of pyridine rings is 1. The monoisotopic (exact) mass is 408 g/mol. The van der Waals surface area contributed by atoms with Gasteiger partial charge in [0.25, 0.3) is 11.1 Å². The highest BCUT2D eigenvalue weighted by molar-refractivity contribution is 5.77. The zero-order valence-corrected chi connectivity index (χ0v) is 18.0. The summed E-state index contributed by atoms with van der Waals surface area (Å²) in [5, 5.41) is 5.18. The van der Waals surface area contributed by atoms with Crippen molar-refractivity contribution in [1.82, 2.24) is 24.3 Å². The molecule has 0 atom stereocenters. The highest BCUT2D eigenvalue weighted by Crippen LogP contribution is 2.24. The second-order valence-corrected chi connectivity index (χ2v) is 9.09. The lowest BCUT2D eigenvalue weighted by Gasteiger charge is -2.33. The van der Waals surface area contributed by atoms with Crippen LogP contribution in [0.2, 0.25) is 0 Å². The number of aromatic nitrogens is 5. The van der Waals surface area contributed by atoms with Crippen LogP contribution in [-0.4, -0.2) is 37.4 Å². The van der Waals surface area contributed by atoms with Gasteiger partial charge in [0.15, 0.2) is 0 Å². The van der Waals surface area contributed by atoms with Crippen molar-refractivity contribution in [2.45, 2.75) is 45.6 Å². The molecule has 3 aromatic heterocycles. The van der Waals surface area contributed by atoms with Gasteiger partial charge >= 0.3 is 0 Å². The van der Waals surface area contributed by atoms with Gasteiger partial charge in [0, 0.05) is 44.4 Å². The third-order valence-electron chi connectivity index (χ3n) is 5.82. The predicted octanol–water partition coefficient (Wildman–Crippen LogP) is 2.10. The zero-order valence-electron chi connectivity index (χ0n) is 18.0. The van der Waals surface area contributed by atoms with Crippen LogP contribution < -0.4 is 16.0 Å². The number of piperidine rings is 1. The van der Waals surface area contributed by atoms with Crippen molar-refractivity contribution in [2.75, 3.05) is 18.0 Å². The molecule has 0 saturated carbocycles. The Morgan fingerprint density at radius 3 is 2.53 bits per heavy atom. The lowest BCUT2D eigenvalue weighted by Crippen LogP contribution is -2.40. The van der Waals surface area contributed by atoms with E-state index in [-0.39, 0.29) is 16.5 Å². The maximum atomic E-state index is 12.7. The Morgan fingerprint density at radius 1 is 1.10 bits per heavy atom. The van der Waals surface area contributed by atoms with Crippen molar-refractivity contribution in [1.29, 1.82) is 0 Å². The maximum absolute atomic E-state index is 12.7. The summed E-state index contributed by atoms with van der Waals surface area (Å²) in [4.78, 5) is 35.9. The zero-order chi connectivity index (χ0) is 21.5. The molecule has 1 fully saturated rings. The number of hydrogen-bond acceptors (Lipinski definition) is 6. The Hall–Kier alpha value is -3.03. The maximum Gasteiger partial charge on any atom is 0.266 e. The molecule has 1 aliphatic rings. The van der Waals surface area contributed by atoms with E-state index in [2.05, 4.69) is 40.7 Å². The first-order valence-electron chi connectivity index (χ1n) is 10.4. The first-order chi connectivity index (χ1) is 14.2. The van der Waals surface area contributed by atoms with E-state index in [1.807, 2.05) is 6.07 Å². The van der Waals surface area contributed by atoms with E-state index in [4.69, 9.17) is 0 Å². The largest absolute Gasteiger partial charge is 0.342 e. The SMILES string of the molecule is Cn1c(N2CCC(Cn3nc(C(C)(C)C)ccc3=O)CC2)nc2cnccc2c1=O. The van der Waals surface area contributed by atoms with Crippen LogP contribution >= 0.6 is 0 Å². The highest BCUT2D eigenvalue weighted by atomic mass is 16.1. The van der Waals surface area contributed by atoms with Crippen LogP contribution in [0.15, 0.2) is 40.2 Å². The summed E-state index contributed by atoms with van der Waals surface area (Å²) in [6.07, 6.45) is 5.07. The molecular formula is C22H28N6O2.